The summed E-state index contributed by atoms with van der Waals surface area (Å²) in [4.78, 5) is 33.6. The fourth-order valence-corrected chi connectivity index (χ4v) is 3.70. The first kappa shape index (κ1) is 23.4. The fourth-order valence-electron chi connectivity index (χ4n) is 3.57. The summed E-state index contributed by atoms with van der Waals surface area (Å²) in [7, 11) is 0. The summed E-state index contributed by atoms with van der Waals surface area (Å²) in [6.45, 7) is 6.13. The molecular weight excluding hydrogens is 430 g/mol. The quantitative estimate of drug-likeness (QED) is 0.490. The maximum absolute atomic E-state index is 12.8. The van der Waals surface area contributed by atoms with E-state index in [1.54, 1.807) is 48.4 Å². The molecule has 1 saturated heterocycles. The first-order valence-electron chi connectivity index (χ1n) is 10.6. The maximum atomic E-state index is 12.8. The van der Waals surface area contributed by atoms with Gasteiger partial charge in [0.25, 0.3) is 5.91 Å². The fraction of sp³-hybridized carbons (Fsp3) is 0.348. The number of aromatic hydroxyl groups is 1. The van der Waals surface area contributed by atoms with Crippen LogP contribution in [0.4, 0.5) is 4.79 Å². The number of aromatic nitrogens is 1. The minimum Gasteiger partial charge on any atom is -0.494 e. The molecule has 0 aliphatic carbocycles. The van der Waals surface area contributed by atoms with Crippen LogP contribution in [0.25, 0.3) is 6.08 Å². The van der Waals surface area contributed by atoms with Gasteiger partial charge in [0, 0.05) is 43.0 Å². The van der Waals surface area contributed by atoms with Crippen molar-refractivity contribution in [1.82, 2.24) is 20.5 Å². The summed E-state index contributed by atoms with van der Waals surface area (Å²) in [5, 5.41) is 16.6. The second kappa shape index (κ2) is 10.9. The average molecular weight is 458 g/mol. The van der Waals surface area contributed by atoms with Gasteiger partial charge in [0.1, 0.15) is 0 Å². The highest BCUT2D eigenvalue weighted by Gasteiger charge is 2.24. The monoisotopic (exact) mass is 457 g/mol. The van der Waals surface area contributed by atoms with Gasteiger partial charge in [0.05, 0.1) is 17.0 Å². The number of H-pyrrole nitrogens is 1. The Bertz CT molecular complexity index is 1040. The molecule has 0 radical (unpaired) electrons. The highest BCUT2D eigenvalue weighted by Crippen LogP contribution is 2.28. The lowest BCUT2D eigenvalue weighted by Crippen LogP contribution is -2.47. The minimum absolute atomic E-state index is 0.0482. The molecule has 2 aliphatic heterocycles. The summed E-state index contributed by atoms with van der Waals surface area (Å²) in [5.41, 5.74) is 2.93. The average Bonchev–Trinajstić information content (AvgIpc) is 3.08. The first-order chi connectivity index (χ1) is 15.4. The van der Waals surface area contributed by atoms with E-state index in [4.69, 9.17) is 11.6 Å². The summed E-state index contributed by atoms with van der Waals surface area (Å²) in [5.74, 6) is -0.254. The summed E-state index contributed by atoms with van der Waals surface area (Å²) in [6, 6.07) is 6.67. The molecule has 3 rings (SSSR count). The van der Waals surface area contributed by atoms with Crippen LogP contribution in [0, 0.1) is 0 Å². The van der Waals surface area contributed by atoms with Gasteiger partial charge in [0.2, 0.25) is 0 Å². The molecule has 170 valence electrons. The molecular formula is C23H28ClN5O3. The first-order valence-corrected chi connectivity index (χ1v) is 10.9. The second-order valence-electron chi connectivity index (χ2n) is 7.60. The number of carbonyl (C=O) groups excluding carboxylic acids is 2. The third kappa shape index (κ3) is 5.91. The van der Waals surface area contributed by atoms with E-state index in [-0.39, 0.29) is 17.8 Å². The van der Waals surface area contributed by atoms with Crippen LogP contribution in [0.5, 0.6) is 5.88 Å². The number of aromatic amines is 1. The van der Waals surface area contributed by atoms with Crippen LogP contribution in [-0.2, 0) is 4.79 Å². The molecule has 3 heterocycles. The van der Waals surface area contributed by atoms with Crippen LogP contribution >= 0.6 is 11.6 Å². The Morgan fingerprint density at radius 2 is 2.16 bits per heavy atom. The largest absolute Gasteiger partial charge is 0.494 e. The lowest BCUT2D eigenvalue weighted by Gasteiger charge is -2.27. The molecule has 0 atom stereocenters. The standard InChI is InChI=1S/C23H28ClN5O3/c1-15-19(14-17-7-8-18(24)6-3-9-25-21(17)30)28-16(2)20(15)22(31)26-10-4-12-29-13-5-11-27-23(29)32/h3,6-9,14,25,30H,4-5,10-13H2,1-2H3,(H,26,31)(H,27,32). The number of aliphatic imine (C=N–C) groups is 1. The Kier molecular flexibility index (Phi) is 7.94. The third-order valence-electron chi connectivity index (χ3n) is 5.25. The normalized spacial score (nSPS) is 17.2. The van der Waals surface area contributed by atoms with Crippen LogP contribution in [0.1, 0.15) is 32.3 Å². The van der Waals surface area contributed by atoms with E-state index in [9.17, 15) is 14.7 Å². The number of hydrogen-bond acceptors (Lipinski definition) is 4. The summed E-state index contributed by atoms with van der Waals surface area (Å²) < 4.78 is 0. The molecule has 0 aromatic carbocycles. The van der Waals surface area contributed by atoms with E-state index in [1.807, 2.05) is 6.92 Å². The van der Waals surface area contributed by atoms with E-state index < -0.39 is 0 Å². The lowest BCUT2D eigenvalue weighted by molar-refractivity contribution is -0.117. The Labute approximate surface area is 192 Å². The number of halogens is 1. The van der Waals surface area contributed by atoms with Gasteiger partial charge in [-0.3, -0.25) is 9.79 Å². The second-order valence-corrected chi connectivity index (χ2v) is 8.04. The number of nitrogens with zero attached hydrogens (tertiary/aromatic N) is 2. The SMILES string of the molecule is CC1=NC(=Cc2ccc(Cl)ccc[nH]c2O)C(C)=C1C(=O)NCCCN1CCCNC1=O. The molecule has 0 saturated carbocycles. The van der Waals surface area contributed by atoms with E-state index >= 15 is 0 Å². The van der Waals surface area contributed by atoms with Gasteiger partial charge >= 0.3 is 6.03 Å². The number of hydrogen-bond donors (Lipinski definition) is 4. The summed E-state index contributed by atoms with van der Waals surface area (Å²) >= 11 is 6.09. The molecule has 0 bridgehead atoms. The van der Waals surface area contributed by atoms with Crippen molar-refractivity contribution >= 4 is 35.3 Å². The predicted octanol–water partition coefficient (Wildman–Crippen LogP) is 3.55. The van der Waals surface area contributed by atoms with Crippen molar-refractivity contribution in [2.45, 2.75) is 26.7 Å². The zero-order valence-corrected chi connectivity index (χ0v) is 19.0. The van der Waals surface area contributed by atoms with Crippen molar-refractivity contribution in [2.24, 2.45) is 4.99 Å². The number of urea groups is 1. The van der Waals surface area contributed by atoms with Crippen LogP contribution in [0.15, 0.2) is 52.3 Å². The molecule has 4 N–H and O–H groups in total. The van der Waals surface area contributed by atoms with E-state index in [0.29, 0.717) is 47.1 Å². The summed E-state index contributed by atoms with van der Waals surface area (Å²) in [6.07, 6.45) is 4.88. The van der Waals surface area contributed by atoms with Crippen LogP contribution in [0.2, 0.25) is 5.02 Å². The van der Waals surface area contributed by atoms with Gasteiger partial charge in [-0.1, -0.05) is 11.6 Å². The molecule has 32 heavy (non-hydrogen) atoms. The Balaban J connectivity index is 1.70. The maximum Gasteiger partial charge on any atom is 0.317 e. The van der Waals surface area contributed by atoms with Crippen molar-refractivity contribution in [2.75, 3.05) is 26.2 Å². The van der Waals surface area contributed by atoms with Crippen LogP contribution in [-0.4, -0.2) is 58.8 Å². The molecule has 3 amide bonds. The van der Waals surface area contributed by atoms with Gasteiger partial charge in [-0.2, -0.15) is 0 Å². The molecule has 8 nitrogen and oxygen atoms in total. The number of carbonyl (C=O) groups is 2. The zero-order chi connectivity index (χ0) is 23.1. The van der Waals surface area contributed by atoms with Crippen molar-refractivity contribution in [1.29, 1.82) is 0 Å². The van der Waals surface area contributed by atoms with E-state index in [0.717, 1.165) is 25.1 Å². The molecule has 2 aliphatic rings. The van der Waals surface area contributed by atoms with Crippen LogP contribution in [0.3, 0.4) is 0 Å². The molecule has 0 unspecified atom stereocenters. The Morgan fingerprint density at radius 3 is 2.94 bits per heavy atom. The Morgan fingerprint density at radius 1 is 1.34 bits per heavy atom. The van der Waals surface area contributed by atoms with Crippen molar-refractivity contribution in [3.05, 3.63) is 57.9 Å². The topological polar surface area (TPSA) is 110 Å². The minimum atomic E-state index is -0.203. The van der Waals surface area contributed by atoms with Crippen molar-refractivity contribution in [3.8, 4) is 5.88 Å². The van der Waals surface area contributed by atoms with Crippen molar-refractivity contribution in [3.63, 3.8) is 0 Å². The molecule has 1 fully saturated rings. The number of rotatable bonds is 6. The van der Waals surface area contributed by atoms with Gasteiger partial charge in [-0.05, 0) is 62.6 Å². The zero-order valence-electron chi connectivity index (χ0n) is 18.2. The lowest BCUT2D eigenvalue weighted by atomic mass is 10.0. The van der Waals surface area contributed by atoms with E-state index in [2.05, 4.69) is 20.6 Å². The van der Waals surface area contributed by atoms with E-state index in [1.165, 1.54) is 0 Å². The van der Waals surface area contributed by atoms with Crippen LogP contribution < -0.4 is 10.6 Å². The molecule has 1 aromatic rings. The highest BCUT2D eigenvalue weighted by molar-refractivity contribution is 6.30. The van der Waals surface area contributed by atoms with Gasteiger partial charge in [-0.15, -0.1) is 0 Å². The number of amides is 3. The van der Waals surface area contributed by atoms with Crippen molar-refractivity contribution < 1.29 is 14.7 Å². The molecule has 1 aromatic heterocycles. The van der Waals surface area contributed by atoms with Gasteiger partial charge < -0.3 is 25.6 Å². The molecule has 0 spiro atoms. The smallest absolute Gasteiger partial charge is 0.317 e. The van der Waals surface area contributed by atoms with Gasteiger partial charge in [-0.25, -0.2) is 4.79 Å². The predicted molar refractivity (Wildman–Crippen MR) is 126 cm³/mol. The van der Waals surface area contributed by atoms with Gasteiger partial charge in [0.15, 0.2) is 5.88 Å². The number of allylic oxidation sites excluding steroid dienone is 1. The third-order valence-corrected chi connectivity index (χ3v) is 5.51. The highest BCUT2D eigenvalue weighted by atomic mass is 35.5. The molecule has 9 heteroatoms. The Hall–Kier alpha value is -3.26. The number of nitrogens with one attached hydrogen (secondary N) is 3.